The lowest BCUT2D eigenvalue weighted by atomic mass is 10.0. The fourth-order valence-corrected chi connectivity index (χ4v) is 3.06. The summed E-state index contributed by atoms with van der Waals surface area (Å²) in [6.07, 6.45) is 5.96. The van der Waals surface area contributed by atoms with Crippen LogP contribution in [0, 0.1) is 0 Å². The number of hydrogen-bond acceptors (Lipinski definition) is 4. The standard InChI is InChI=1S/C19H21N3O2/c1-14-5-2-3-12-22(14)18-17(6-4-11-20-18)19(24)21-16-9-7-15(13-23)8-10-16/h4,6-11,13-14H,2-3,5,12H2,1H3,(H,21,24)/t14-/m0/s1. The minimum absolute atomic E-state index is 0.185. The van der Waals surface area contributed by atoms with Crippen molar-refractivity contribution < 1.29 is 9.59 Å². The van der Waals surface area contributed by atoms with Gasteiger partial charge >= 0.3 is 0 Å². The molecule has 1 amide bonds. The van der Waals surface area contributed by atoms with Crippen LogP contribution in [0.25, 0.3) is 0 Å². The Balaban J connectivity index is 1.82. The van der Waals surface area contributed by atoms with Crippen LogP contribution >= 0.6 is 0 Å². The zero-order valence-electron chi connectivity index (χ0n) is 13.7. The molecule has 1 N–H and O–H groups in total. The third-order valence-corrected chi connectivity index (χ3v) is 4.41. The lowest BCUT2D eigenvalue weighted by molar-refractivity contribution is 0.102. The Kier molecular flexibility index (Phi) is 4.89. The van der Waals surface area contributed by atoms with Gasteiger partial charge in [0, 0.05) is 30.0 Å². The molecule has 124 valence electrons. The van der Waals surface area contributed by atoms with E-state index in [0.29, 0.717) is 22.9 Å². The number of rotatable bonds is 4. The minimum Gasteiger partial charge on any atom is -0.353 e. The van der Waals surface area contributed by atoms with Gasteiger partial charge < -0.3 is 10.2 Å². The molecule has 0 saturated carbocycles. The van der Waals surface area contributed by atoms with Crippen molar-refractivity contribution in [1.82, 2.24) is 4.98 Å². The van der Waals surface area contributed by atoms with Crippen molar-refractivity contribution in [2.75, 3.05) is 16.8 Å². The lowest BCUT2D eigenvalue weighted by Crippen LogP contribution is -2.39. The zero-order valence-corrected chi connectivity index (χ0v) is 13.7. The number of carbonyl (C=O) groups excluding carboxylic acids is 2. The number of nitrogens with one attached hydrogen (secondary N) is 1. The van der Waals surface area contributed by atoms with E-state index in [1.54, 1.807) is 42.6 Å². The van der Waals surface area contributed by atoms with E-state index in [4.69, 9.17) is 0 Å². The third kappa shape index (κ3) is 3.45. The molecule has 1 atom stereocenters. The number of carbonyl (C=O) groups is 2. The fourth-order valence-electron chi connectivity index (χ4n) is 3.06. The van der Waals surface area contributed by atoms with Crippen LogP contribution in [0.4, 0.5) is 11.5 Å². The first-order chi connectivity index (χ1) is 11.7. The molecule has 1 aromatic carbocycles. The summed E-state index contributed by atoms with van der Waals surface area (Å²) in [5, 5.41) is 2.88. The van der Waals surface area contributed by atoms with Gasteiger partial charge in [0.25, 0.3) is 5.91 Å². The first kappa shape index (κ1) is 16.2. The van der Waals surface area contributed by atoms with Crippen molar-refractivity contribution in [2.45, 2.75) is 32.2 Å². The second-order valence-electron chi connectivity index (χ2n) is 6.11. The molecule has 1 fully saturated rings. The lowest BCUT2D eigenvalue weighted by Gasteiger charge is -2.35. The van der Waals surface area contributed by atoms with Crippen molar-refractivity contribution in [3.8, 4) is 0 Å². The Labute approximate surface area is 141 Å². The summed E-state index contributed by atoms with van der Waals surface area (Å²) in [5.74, 6) is 0.557. The molecule has 1 aliphatic heterocycles. The Morgan fingerprint density at radius 1 is 1.25 bits per heavy atom. The molecule has 1 saturated heterocycles. The largest absolute Gasteiger partial charge is 0.353 e. The molecule has 0 radical (unpaired) electrons. The highest BCUT2D eigenvalue weighted by atomic mass is 16.1. The topological polar surface area (TPSA) is 62.3 Å². The molecule has 0 spiro atoms. The highest BCUT2D eigenvalue weighted by molar-refractivity contribution is 6.07. The molecule has 0 aliphatic carbocycles. The van der Waals surface area contributed by atoms with Crippen LogP contribution in [-0.4, -0.2) is 29.8 Å². The predicted molar refractivity (Wildman–Crippen MR) is 94.7 cm³/mol. The van der Waals surface area contributed by atoms with Gasteiger partial charge in [-0.15, -0.1) is 0 Å². The summed E-state index contributed by atoms with van der Waals surface area (Å²) in [7, 11) is 0. The van der Waals surface area contributed by atoms with Gasteiger partial charge in [0.15, 0.2) is 0 Å². The van der Waals surface area contributed by atoms with E-state index in [1.807, 2.05) is 0 Å². The Hall–Kier alpha value is -2.69. The van der Waals surface area contributed by atoms with Crippen LogP contribution in [-0.2, 0) is 0 Å². The van der Waals surface area contributed by atoms with Gasteiger partial charge in [-0.3, -0.25) is 9.59 Å². The van der Waals surface area contributed by atoms with Crippen LogP contribution < -0.4 is 10.2 Å². The molecular formula is C19H21N3O2. The van der Waals surface area contributed by atoms with Gasteiger partial charge in [-0.25, -0.2) is 4.98 Å². The third-order valence-electron chi connectivity index (χ3n) is 4.41. The Morgan fingerprint density at radius 3 is 2.75 bits per heavy atom. The maximum Gasteiger partial charge on any atom is 0.259 e. The van der Waals surface area contributed by atoms with Crippen LogP contribution in [0.2, 0.25) is 0 Å². The van der Waals surface area contributed by atoms with Crippen molar-refractivity contribution in [3.63, 3.8) is 0 Å². The molecule has 1 aromatic heterocycles. The molecule has 0 bridgehead atoms. The van der Waals surface area contributed by atoms with Crippen molar-refractivity contribution in [3.05, 3.63) is 53.7 Å². The first-order valence-corrected chi connectivity index (χ1v) is 8.27. The van der Waals surface area contributed by atoms with E-state index in [9.17, 15) is 9.59 Å². The second-order valence-corrected chi connectivity index (χ2v) is 6.11. The molecule has 5 nitrogen and oxygen atoms in total. The molecule has 24 heavy (non-hydrogen) atoms. The summed E-state index contributed by atoms with van der Waals surface area (Å²) in [5.41, 5.74) is 1.81. The Bertz CT molecular complexity index is 728. The molecule has 2 heterocycles. The number of piperidine rings is 1. The highest BCUT2D eigenvalue weighted by Gasteiger charge is 2.24. The zero-order chi connectivity index (χ0) is 16.9. The smallest absolute Gasteiger partial charge is 0.259 e. The summed E-state index contributed by atoms with van der Waals surface area (Å²) in [4.78, 5) is 30.1. The number of amides is 1. The molecule has 2 aromatic rings. The fraction of sp³-hybridized carbons (Fsp3) is 0.316. The number of hydrogen-bond donors (Lipinski definition) is 1. The van der Waals surface area contributed by atoms with Crippen LogP contribution in [0.1, 0.15) is 46.9 Å². The number of aldehydes is 1. The summed E-state index contributed by atoms with van der Waals surface area (Å²) >= 11 is 0. The monoisotopic (exact) mass is 323 g/mol. The normalized spacial score (nSPS) is 17.4. The highest BCUT2D eigenvalue weighted by Crippen LogP contribution is 2.26. The summed E-state index contributed by atoms with van der Waals surface area (Å²) < 4.78 is 0. The summed E-state index contributed by atoms with van der Waals surface area (Å²) in [6.45, 7) is 3.10. The first-order valence-electron chi connectivity index (χ1n) is 8.27. The average molecular weight is 323 g/mol. The van der Waals surface area contributed by atoms with Gasteiger partial charge in [-0.1, -0.05) is 0 Å². The SMILES string of the molecule is C[C@H]1CCCCN1c1ncccc1C(=O)Nc1ccc(C=O)cc1. The van der Waals surface area contributed by atoms with Crippen molar-refractivity contribution >= 4 is 23.7 Å². The number of nitrogens with zero attached hydrogens (tertiary/aromatic N) is 2. The minimum atomic E-state index is -0.185. The van der Waals surface area contributed by atoms with E-state index in [1.165, 1.54) is 6.42 Å². The van der Waals surface area contributed by atoms with E-state index in [0.717, 1.165) is 31.5 Å². The van der Waals surface area contributed by atoms with Crippen LogP contribution in [0.3, 0.4) is 0 Å². The van der Waals surface area contributed by atoms with Gasteiger partial charge in [-0.05, 0) is 62.6 Å². The maximum absolute atomic E-state index is 12.7. The van der Waals surface area contributed by atoms with Gasteiger partial charge in [0.2, 0.25) is 0 Å². The van der Waals surface area contributed by atoms with Gasteiger partial charge in [-0.2, -0.15) is 0 Å². The number of anilines is 2. The molecule has 3 rings (SSSR count). The number of aromatic nitrogens is 1. The summed E-state index contributed by atoms with van der Waals surface area (Å²) in [6, 6.07) is 10.8. The molecular weight excluding hydrogens is 302 g/mol. The predicted octanol–water partition coefficient (Wildman–Crippen LogP) is 3.53. The van der Waals surface area contributed by atoms with Crippen LogP contribution in [0.5, 0.6) is 0 Å². The van der Waals surface area contributed by atoms with Crippen molar-refractivity contribution in [1.29, 1.82) is 0 Å². The number of benzene rings is 1. The second kappa shape index (κ2) is 7.25. The average Bonchev–Trinajstić information content (AvgIpc) is 2.63. The van der Waals surface area contributed by atoms with Gasteiger partial charge in [0.1, 0.15) is 12.1 Å². The van der Waals surface area contributed by atoms with Gasteiger partial charge in [0.05, 0.1) is 5.56 Å². The van der Waals surface area contributed by atoms with E-state index in [2.05, 4.69) is 22.1 Å². The molecule has 0 unspecified atom stereocenters. The van der Waals surface area contributed by atoms with E-state index < -0.39 is 0 Å². The van der Waals surface area contributed by atoms with E-state index in [-0.39, 0.29) is 5.91 Å². The van der Waals surface area contributed by atoms with Crippen LogP contribution in [0.15, 0.2) is 42.6 Å². The van der Waals surface area contributed by atoms with Crippen molar-refractivity contribution in [2.24, 2.45) is 0 Å². The quantitative estimate of drug-likeness (QED) is 0.874. The van der Waals surface area contributed by atoms with E-state index >= 15 is 0 Å². The maximum atomic E-state index is 12.7. The molecule has 5 heteroatoms. The Morgan fingerprint density at radius 2 is 2.04 bits per heavy atom. The number of pyridine rings is 1. The molecule has 1 aliphatic rings.